The molecule has 1 N–H and O–H groups in total. The number of amides is 1. The Morgan fingerprint density at radius 1 is 1.12 bits per heavy atom. The molecule has 2 heterocycles. The van der Waals surface area contributed by atoms with Gasteiger partial charge in [0.05, 0.1) is 29.1 Å². The van der Waals surface area contributed by atoms with Gasteiger partial charge in [-0.3, -0.25) is 4.68 Å². The van der Waals surface area contributed by atoms with E-state index < -0.39 is 20.5 Å². The Kier molecular flexibility index (Phi) is 9.84. The molecular weight excluding hydrogens is 593 g/mol. The van der Waals surface area contributed by atoms with E-state index in [0.717, 1.165) is 11.3 Å². The van der Waals surface area contributed by atoms with Gasteiger partial charge in [0.1, 0.15) is 17.5 Å². The summed E-state index contributed by atoms with van der Waals surface area (Å²) in [7, 11) is 1.09. The monoisotopic (exact) mass is 627 g/mol. The molecule has 0 unspecified atom stereocenters. The first-order valence-electron chi connectivity index (χ1n) is 12.7. The average molecular weight is 629 g/mol. The Balaban J connectivity index is 1.95. The van der Waals surface area contributed by atoms with Gasteiger partial charge in [-0.1, -0.05) is 55.6 Å². The summed E-state index contributed by atoms with van der Waals surface area (Å²) >= 11 is 19.4. The van der Waals surface area contributed by atoms with Gasteiger partial charge in [-0.05, 0) is 50.2 Å². The second-order valence-electron chi connectivity index (χ2n) is 11.3. The molecule has 0 aliphatic rings. The quantitative estimate of drug-likeness (QED) is 0.193. The number of ether oxygens (including phenoxy) is 1. The number of hydrogen-bond donors (Lipinski definition) is 1. The van der Waals surface area contributed by atoms with Gasteiger partial charge in [0.2, 0.25) is 0 Å². The number of aryl methyl sites for hydroxylation is 1. The van der Waals surface area contributed by atoms with Crippen molar-refractivity contribution in [3.8, 4) is 28.5 Å². The molecule has 1 amide bonds. The van der Waals surface area contributed by atoms with Crippen molar-refractivity contribution in [2.45, 2.75) is 58.9 Å². The van der Waals surface area contributed by atoms with Crippen molar-refractivity contribution in [3.05, 3.63) is 44.7 Å². The fourth-order valence-electron chi connectivity index (χ4n) is 3.82. The molecule has 3 rings (SSSR count). The van der Waals surface area contributed by atoms with Crippen LogP contribution in [-0.4, -0.2) is 70.5 Å². The molecule has 13 heteroatoms. The number of likely N-dealkylation sites (N-methyl/N-ethyl adjacent to an activating group) is 1. The lowest BCUT2D eigenvalue weighted by Gasteiger charge is -2.39. The third-order valence-corrected chi connectivity index (χ3v) is 12.8. The Labute approximate surface area is 251 Å². The maximum Gasteiger partial charge on any atom is 0.407 e. The number of carbonyl (C=O) groups is 1. The summed E-state index contributed by atoms with van der Waals surface area (Å²) in [6, 6.07) is 5.17. The topological polar surface area (TPSA) is 103 Å². The van der Waals surface area contributed by atoms with Gasteiger partial charge in [0, 0.05) is 30.8 Å². The lowest BCUT2D eigenvalue weighted by atomic mass is 10.1. The summed E-state index contributed by atoms with van der Waals surface area (Å²) < 4.78 is 14.3. The Morgan fingerprint density at radius 2 is 1.77 bits per heavy atom. The molecule has 1 atom stereocenters. The second kappa shape index (κ2) is 12.2. The van der Waals surface area contributed by atoms with E-state index in [2.05, 4.69) is 43.9 Å². The lowest BCUT2D eigenvalue weighted by Crippen LogP contribution is -2.49. The van der Waals surface area contributed by atoms with Gasteiger partial charge in [-0.15, -0.1) is 0 Å². The van der Waals surface area contributed by atoms with Crippen LogP contribution in [0.3, 0.4) is 0 Å². The number of carboxylic acid groups (broad SMARTS) is 1. The highest BCUT2D eigenvalue weighted by atomic mass is 35.5. The van der Waals surface area contributed by atoms with Gasteiger partial charge in [-0.25, -0.2) is 14.8 Å². The molecule has 0 aliphatic heterocycles. The summed E-state index contributed by atoms with van der Waals surface area (Å²) in [6.45, 7) is 14.6. The zero-order chi connectivity index (χ0) is 30.2. The normalized spacial score (nSPS) is 12.9. The molecule has 1 aromatic carbocycles. The van der Waals surface area contributed by atoms with Gasteiger partial charge in [-0.2, -0.15) is 5.10 Å². The average Bonchev–Trinajstić information content (AvgIpc) is 3.09. The first-order valence-corrected chi connectivity index (χ1v) is 16.7. The van der Waals surface area contributed by atoms with Crippen LogP contribution in [0.5, 0.6) is 5.75 Å². The van der Waals surface area contributed by atoms with Crippen molar-refractivity contribution >= 4 is 49.2 Å². The van der Waals surface area contributed by atoms with Gasteiger partial charge in [0.15, 0.2) is 19.3 Å². The predicted molar refractivity (Wildman–Crippen MR) is 162 cm³/mol. The highest BCUT2D eigenvalue weighted by Crippen LogP contribution is 2.38. The van der Waals surface area contributed by atoms with Crippen LogP contribution >= 0.6 is 34.8 Å². The number of benzene rings is 1. The molecule has 9 nitrogen and oxygen atoms in total. The molecule has 0 radical (unpaired) electrons. The minimum absolute atomic E-state index is 0.0588. The minimum atomic E-state index is -2.21. The SMILES string of the molecule is Cc1c(Cl)nc(-c2cc(OC[C@@H](CN(C)C(=O)O)O[Si](C)(C)C(C)(C)C)ccc2Cl)nc1-c1c(C)c(Cl)nn1C. The van der Waals surface area contributed by atoms with Crippen molar-refractivity contribution in [3.63, 3.8) is 0 Å². The molecule has 0 bridgehead atoms. The first kappa shape index (κ1) is 32.1. The summed E-state index contributed by atoms with van der Waals surface area (Å²) in [6.07, 6.45) is -1.51. The smallest absolute Gasteiger partial charge is 0.407 e. The molecule has 0 fully saturated rings. The summed E-state index contributed by atoms with van der Waals surface area (Å²) in [5.74, 6) is 0.820. The van der Waals surface area contributed by atoms with Crippen molar-refractivity contribution in [1.29, 1.82) is 0 Å². The van der Waals surface area contributed by atoms with Gasteiger partial charge >= 0.3 is 6.09 Å². The zero-order valence-electron chi connectivity index (χ0n) is 24.3. The summed E-state index contributed by atoms with van der Waals surface area (Å²) in [4.78, 5) is 22.0. The van der Waals surface area contributed by atoms with E-state index in [0.29, 0.717) is 38.6 Å². The number of nitrogens with zero attached hydrogens (tertiary/aromatic N) is 5. The van der Waals surface area contributed by atoms with Gasteiger partial charge < -0.3 is 19.2 Å². The molecule has 0 aliphatic carbocycles. The molecule has 0 spiro atoms. The molecule has 0 saturated heterocycles. The van der Waals surface area contributed by atoms with Crippen LogP contribution in [0.4, 0.5) is 4.79 Å². The Hall–Kier alpha value is -2.37. The molecule has 40 heavy (non-hydrogen) atoms. The number of hydrogen-bond acceptors (Lipinski definition) is 6. The highest BCUT2D eigenvalue weighted by Gasteiger charge is 2.39. The standard InChI is InChI=1S/C27H36Cl3N5O4Si/c1-15-21(22-16(2)24(30)33-35(22)7)31-25(32-23(15)29)19-12-17(10-11-20(19)28)38-14-18(13-34(6)26(36)37)39-40(8,9)27(3,4)5/h10-12,18H,13-14H2,1-9H3,(H,36,37)/t18-/m1/s1. The fourth-order valence-corrected chi connectivity index (χ4v) is 5.73. The summed E-state index contributed by atoms with van der Waals surface area (Å²) in [5.41, 5.74) is 3.30. The molecule has 0 saturated carbocycles. The van der Waals surface area contributed by atoms with Crippen molar-refractivity contribution in [2.24, 2.45) is 7.05 Å². The Morgan fingerprint density at radius 3 is 2.33 bits per heavy atom. The predicted octanol–water partition coefficient (Wildman–Crippen LogP) is 7.50. The van der Waals surface area contributed by atoms with Gasteiger partial charge in [0.25, 0.3) is 0 Å². The maximum absolute atomic E-state index is 11.5. The maximum atomic E-state index is 11.5. The third-order valence-electron chi connectivity index (χ3n) is 7.22. The van der Waals surface area contributed by atoms with Crippen LogP contribution in [0.2, 0.25) is 33.5 Å². The Bertz CT molecular complexity index is 1410. The molecule has 3 aromatic rings. The van der Waals surface area contributed by atoms with E-state index in [9.17, 15) is 9.90 Å². The zero-order valence-corrected chi connectivity index (χ0v) is 27.5. The van der Waals surface area contributed by atoms with Crippen molar-refractivity contribution < 1.29 is 19.1 Å². The van der Waals surface area contributed by atoms with E-state index in [4.69, 9.17) is 48.9 Å². The van der Waals surface area contributed by atoms with Crippen LogP contribution in [-0.2, 0) is 11.5 Å². The van der Waals surface area contributed by atoms with Crippen LogP contribution in [0.25, 0.3) is 22.8 Å². The van der Waals surface area contributed by atoms with E-state index in [1.807, 2.05) is 13.8 Å². The van der Waals surface area contributed by atoms with Crippen molar-refractivity contribution in [1.82, 2.24) is 24.6 Å². The number of rotatable bonds is 9. The summed E-state index contributed by atoms with van der Waals surface area (Å²) in [5, 5.41) is 14.7. The third kappa shape index (κ3) is 7.09. The second-order valence-corrected chi connectivity index (χ2v) is 17.2. The van der Waals surface area contributed by atoms with Crippen LogP contribution in [0.15, 0.2) is 18.2 Å². The van der Waals surface area contributed by atoms with Crippen LogP contribution in [0, 0.1) is 13.8 Å². The van der Waals surface area contributed by atoms with Crippen molar-refractivity contribution in [2.75, 3.05) is 20.2 Å². The first-order chi connectivity index (χ1) is 18.4. The largest absolute Gasteiger partial charge is 0.491 e. The van der Waals surface area contributed by atoms with Crippen LogP contribution < -0.4 is 4.74 Å². The van der Waals surface area contributed by atoms with E-state index in [-0.39, 0.29) is 23.3 Å². The van der Waals surface area contributed by atoms with Crippen LogP contribution in [0.1, 0.15) is 31.9 Å². The van der Waals surface area contributed by atoms with E-state index in [1.165, 1.54) is 11.9 Å². The molecular formula is C27H36Cl3N5O4Si. The lowest BCUT2D eigenvalue weighted by molar-refractivity contribution is 0.0794. The van der Waals surface area contributed by atoms with E-state index >= 15 is 0 Å². The minimum Gasteiger partial charge on any atom is -0.491 e. The molecule has 2 aromatic heterocycles. The fraction of sp³-hybridized carbons (Fsp3) is 0.481. The van der Waals surface area contributed by atoms with E-state index in [1.54, 1.807) is 29.9 Å². The molecule has 218 valence electrons. The number of aromatic nitrogens is 4. The highest BCUT2D eigenvalue weighted by molar-refractivity contribution is 6.74. The number of halogens is 3.